The Labute approximate surface area is 111 Å². The predicted octanol–water partition coefficient (Wildman–Crippen LogP) is 2.76. The Morgan fingerprint density at radius 2 is 2.22 bits per heavy atom. The minimum Gasteiger partial charge on any atom is -0.436 e. The molecule has 2 aromatic rings. The molecule has 0 amide bonds. The van der Waals surface area contributed by atoms with E-state index in [1.165, 1.54) is 0 Å². The molecule has 1 aromatic heterocycles. The van der Waals surface area contributed by atoms with Gasteiger partial charge in [0.15, 0.2) is 0 Å². The third-order valence-electron chi connectivity index (χ3n) is 2.18. The van der Waals surface area contributed by atoms with Crippen LogP contribution in [0.15, 0.2) is 28.9 Å². The second kappa shape index (κ2) is 5.28. The lowest BCUT2D eigenvalue weighted by atomic mass is 10.2. The van der Waals surface area contributed by atoms with Gasteiger partial charge in [-0.2, -0.15) is 9.37 Å². The molecule has 3 N–H and O–H groups in total. The number of halogens is 2. The molecule has 18 heavy (non-hydrogen) atoms. The molecular weight excluding hydrogens is 303 g/mol. The van der Waals surface area contributed by atoms with Gasteiger partial charge >= 0.3 is 0 Å². The summed E-state index contributed by atoms with van der Waals surface area (Å²) in [5, 5.41) is 0. The molecule has 5 nitrogen and oxygen atoms in total. The lowest BCUT2D eigenvalue weighted by molar-refractivity contribution is 0.420. The number of hydrogen-bond donors (Lipinski definition) is 2. The van der Waals surface area contributed by atoms with E-state index >= 15 is 0 Å². The highest BCUT2D eigenvalue weighted by atomic mass is 79.9. The number of hydrogen-bond acceptors (Lipinski definition) is 5. The zero-order valence-corrected chi connectivity index (χ0v) is 11.0. The van der Waals surface area contributed by atoms with Gasteiger partial charge in [0.25, 0.3) is 5.88 Å². The highest BCUT2D eigenvalue weighted by molar-refractivity contribution is 9.10. The maximum atomic E-state index is 13.4. The number of nitrogens with one attached hydrogen (secondary N) is 1. The van der Waals surface area contributed by atoms with E-state index in [1.54, 1.807) is 12.1 Å². The van der Waals surface area contributed by atoms with Crippen molar-refractivity contribution in [3.8, 4) is 11.6 Å². The number of ether oxygens (including phenoxy) is 1. The van der Waals surface area contributed by atoms with Crippen LogP contribution in [0.25, 0.3) is 0 Å². The monoisotopic (exact) mass is 312 g/mol. The standard InChI is InChI=1S/C11H10BrFN4O/c1-6-4-7(2-3-8(6)12)18-10-9(13)5-15-11(16-10)17-14/h2-5H,14H2,1H3,(H,15,16,17). The zero-order chi connectivity index (χ0) is 13.1. The van der Waals surface area contributed by atoms with Crippen LogP contribution in [0.2, 0.25) is 0 Å². The number of anilines is 1. The van der Waals surface area contributed by atoms with Crippen molar-refractivity contribution in [2.75, 3.05) is 5.43 Å². The first-order chi connectivity index (χ1) is 8.60. The van der Waals surface area contributed by atoms with Crippen molar-refractivity contribution >= 4 is 21.9 Å². The van der Waals surface area contributed by atoms with Gasteiger partial charge in [-0.1, -0.05) is 15.9 Å². The first-order valence-electron chi connectivity index (χ1n) is 5.03. The highest BCUT2D eigenvalue weighted by Gasteiger charge is 2.09. The van der Waals surface area contributed by atoms with Gasteiger partial charge in [-0.05, 0) is 30.7 Å². The van der Waals surface area contributed by atoms with Crippen LogP contribution in [0.3, 0.4) is 0 Å². The van der Waals surface area contributed by atoms with Crippen molar-refractivity contribution in [1.82, 2.24) is 9.97 Å². The average molecular weight is 313 g/mol. The molecule has 0 fully saturated rings. The third-order valence-corrected chi connectivity index (χ3v) is 3.07. The summed E-state index contributed by atoms with van der Waals surface area (Å²) < 4.78 is 19.7. The summed E-state index contributed by atoms with van der Waals surface area (Å²) in [4.78, 5) is 7.40. The third kappa shape index (κ3) is 2.74. The summed E-state index contributed by atoms with van der Waals surface area (Å²) in [6, 6.07) is 5.28. The van der Waals surface area contributed by atoms with Gasteiger partial charge in [0.2, 0.25) is 11.8 Å². The van der Waals surface area contributed by atoms with Crippen LogP contribution in [0.4, 0.5) is 10.3 Å². The molecule has 1 aromatic carbocycles. The van der Waals surface area contributed by atoms with Crippen molar-refractivity contribution in [2.45, 2.75) is 6.92 Å². The molecule has 94 valence electrons. The lowest BCUT2D eigenvalue weighted by Crippen LogP contribution is -2.11. The second-order valence-corrected chi connectivity index (χ2v) is 4.36. The van der Waals surface area contributed by atoms with Crippen LogP contribution in [-0.2, 0) is 0 Å². The number of hydrazine groups is 1. The lowest BCUT2D eigenvalue weighted by Gasteiger charge is -2.08. The fourth-order valence-corrected chi connectivity index (χ4v) is 1.53. The largest absolute Gasteiger partial charge is 0.436 e. The maximum Gasteiger partial charge on any atom is 0.260 e. The Balaban J connectivity index is 2.30. The van der Waals surface area contributed by atoms with E-state index in [4.69, 9.17) is 10.6 Å². The molecule has 0 saturated carbocycles. The fourth-order valence-electron chi connectivity index (χ4n) is 1.28. The molecule has 7 heteroatoms. The van der Waals surface area contributed by atoms with Crippen LogP contribution < -0.4 is 16.0 Å². The van der Waals surface area contributed by atoms with Crippen molar-refractivity contribution in [3.63, 3.8) is 0 Å². The van der Waals surface area contributed by atoms with Crippen LogP contribution in [0.5, 0.6) is 11.6 Å². The number of benzene rings is 1. The van der Waals surface area contributed by atoms with Gasteiger partial charge in [0, 0.05) is 4.47 Å². The number of nitrogens with two attached hydrogens (primary N) is 1. The van der Waals surface area contributed by atoms with Gasteiger partial charge in [-0.25, -0.2) is 10.8 Å². The van der Waals surface area contributed by atoms with Gasteiger partial charge in [-0.15, -0.1) is 0 Å². The average Bonchev–Trinajstić information content (AvgIpc) is 2.36. The molecule has 0 bridgehead atoms. The SMILES string of the molecule is Cc1cc(Oc2nc(NN)ncc2F)ccc1Br. The normalized spacial score (nSPS) is 10.2. The Morgan fingerprint density at radius 1 is 1.44 bits per heavy atom. The van der Waals surface area contributed by atoms with E-state index in [1.807, 2.05) is 13.0 Å². The highest BCUT2D eigenvalue weighted by Crippen LogP contribution is 2.26. The molecule has 0 aliphatic carbocycles. The molecule has 0 saturated heterocycles. The van der Waals surface area contributed by atoms with Crippen LogP contribution in [0, 0.1) is 12.7 Å². The summed E-state index contributed by atoms with van der Waals surface area (Å²) in [6.07, 6.45) is 0.989. The molecule has 0 atom stereocenters. The topological polar surface area (TPSA) is 73.1 Å². The van der Waals surface area contributed by atoms with Crippen molar-refractivity contribution in [1.29, 1.82) is 0 Å². The second-order valence-electron chi connectivity index (χ2n) is 3.50. The first-order valence-corrected chi connectivity index (χ1v) is 5.82. The Bertz CT molecular complexity index is 579. The van der Waals surface area contributed by atoms with Gasteiger partial charge in [-0.3, -0.25) is 5.43 Å². The number of rotatable bonds is 3. The van der Waals surface area contributed by atoms with Gasteiger partial charge in [0.1, 0.15) is 5.75 Å². The summed E-state index contributed by atoms with van der Waals surface area (Å²) >= 11 is 3.37. The van der Waals surface area contributed by atoms with Crippen molar-refractivity contribution in [2.24, 2.45) is 5.84 Å². The van der Waals surface area contributed by atoms with E-state index in [9.17, 15) is 4.39 Å². The molecule has 2 rings (SSSR count). The van der Waals surface area contributed by atoms with E-state index in [0.29, 0.717) is 5.75 Å². The maximum absolute atomic E-state index is 13.4. The van der Waals surface area contributed by atoms with Crippen LogP contribution in [0.1, 0.15) is 5.56 Å². The summed E-state index contributed by atoms with van der Waals surface area (Å²) in [5.74, 6) is 4.87. The van der Waals surface area contributed by atoms with Crippen LogP contribution >= 0.6 is 15.9 Å². The summed E-state index contributed by atoms with van der Waals surface area (Å²) in [6.45, 7) is 1.90. The molecule has 0 spiro atoms. The summed E-state index contributed by atoms with van der Waals surface area (Å²) in [5.41, 5.74) is 3.20. The van der Waals surface area contributed by atoms with E-state index in [0.717, 1.165) is 16.2 Å². The Morgan fingerprint density at radius 3 is 2.89 bits per heavy atom. The molecular formula is C11H10BrFN4O. The minimum absolute atomic E-state index is 0.0835. The summed E-state index contributed by atoms with van der Waals surface area (Å²) in [7, 11) is 0. The number of nitrogen functional groups attached to an aromatic ring is 1. The van der Waals surface area contributed by atoms with E-state index in [2.05, 4.69) is 31.3 Å². The number of aromatic nitrogens is 2. The van der Waals surface area contributed by atoms with Crippen molar-refractivity contribution in [3.05, 3.63) is 40.2 Å². The number of aryl methyl sites for hydroxylation is 1. The fraction of sp³-hybridized carbons (Fsp3) is 0.0909. The zero-order valence-electron chi connectivity index (χ0n) is 9.45. The number of nitrogens with zero attached hydrogens (tertiary/aromatic N) is 2. The smallest absolute Gasteiger partial charge is 0.260 e. The molecule has 0 aliphatic heterocycles. The van der Waals surface area contributed by atoms with E-state index in [-0.39, 0.29) is 11.8 Å². The van der Waals surface area contributed by atoms with E-state index < -0.39 is 5.82 Å². The minimum atomic E-state index is -0.658. The predicted molar refractivity (Wildman–Crippen MR) is 68.8 cm³/mol. The molecule has 0 radical (unpaired) electrons. The Hall–Kier alpha value is -1.73. The molecule has 1 heterocycles. The molecule has 0 unspecified atom stereocenters. The van der Waals surface area contributed by atoms with Crippen molar-refractivity contribution < 1.29 is 9.13 Å². The van der Waals surface area contributed by atoms with Crippen LogP contribution in [-0.4, -0.2) is 9.97 Å². The Kier molecular flexibility index (Phi) is 3.73. The van der Waals surface area contributed by atoms with Gasteiger partial charge in [0.05, 0.1) is 6.20 Å². The molecule has 0 aliphatic rings. The quantitative estimate of drug-likeness (QED) is 0.673. The first kappa shape index (κ1) is 12.7. The van der Waals surface area contributed by atoms with Gasteiger partial charge < -0.3 is 4.74 Å².